The van der Waals surface area contributed by atoms with Crippen LogP contribution in [0, 0.1) is 0 Å². The summed E-state index contributed by atoms with van der Waals surface area (Å²) in [6.07, 6.45) is 1.10. The molecule has 94 valence electrons. The molecule has 1 aromatic rings. The Kier molecular flexibility index (Phi) is 5.93. The van der Waals surface area contributed by atoms with Gasteiger partial charge in [0.05, 0.1) is 18.0 Å². The summed E-state index contributed by atoms with van der Waals surface area (Å²) in [4.78, 5) is 26.1. The fraction of sp³-hybridized carbons (Fsp3) is 0.500. The zero-order valence-corrected chi connectivity index (χ0v) is 10.8. The van der Waals surface area contributed by atoms with E-state index < -0.39 is 0 Å². The Labute approximate surface area is 108 Å². The van der Waals surface area contributed by atoms with Crippen LogP contribution in [-0.4, -0.2) is 23.3 Å². The van der Waals surface area contributed by atoms with E-state index in [0.29, 0.717) is 18.8 Å². The first kappa shape index (κ1) is 13.9. The number of nitrogens with one attached hydrogen (secondary N) is 1. The molecule has 0 unspecified atom stereocenters. The number of aromatic nitrogens is 1. The van der Waals surface area contributed by atoms with Gasteiger partial charge in [0.25, 0.3) is 0 Å². The molecular formula is C10H14ClN3O2S. The van der Waals surface area contributed by atoms with Gasteiger partial charge in [0.2, 0.25) is 11.8 Å². The topological polar surface area (TPSA) is 85.1 Å². The van der Waals surface area contributed by atoms with Crippen molar-refractivity contribution in [2.45, 2.75) is 25.1 Å². The van der Waals surface area contributed by atoms with Gasteiger partial charge in [-0.25, -0.2) is 4.98 Å². The van der Waals surface area contributed by atoms with Crippen molar-refractivity contribution < 1.29 is 9.59 Å². The van der Waals surface area contributed by atoms with E-state index in [2.05, 4.69) is 10.3 Å². The molecule has 0 aromatic carbocycles. The normalized spacial score (nSPS) is 10.2. The van der Waals surface area contributed by atoms with Crippen molar-refractivity contribution in [2.24, 2.45) is 5.73 Å². The van der Waals surface area contributed by atoms with E-state index in [0.717, 1.165) is 10.7 Å². The quantitative estimate of drug-likeness (QED) is 0.570. The lowest BCUT2D eigenvalue weighted by atomic mass is 10.3. The minimum Gasteiger partial charge on any atom is -0.370 e. The SMILES string of the molecule is NC(=O)CCCNC(=O)Cc1nc(CCl)cs1. The van der Waals surface area contributed by atoms with Gasteiger partial charge in [0.1, 0.15) is 5.01 Å². The second-order valence-electron chi connectivity index (χ2n) is 3.46. The molecule has 0 aliphatic heterocycles. The number of hydrogen-bond donors (Lipinski definition) is 2. The molecule has 0 saturated carbocycles. The molecule has 1 heterocycles. The standard InChI is InChI=1S/C10H14ClN3O2S/c11-5-7-6-17-10(14-7)4-9(16)13-3-1-2-8(12)15/h6H,1-5H2,(H2,12,15)(H,13,16). The second-order valence-corrected chi connectivity index (χ2v) is 4.67. The molecule has 17 heavy (non-hydrogen) atoms. The lowest BCUT2D eigenvalue weighted by Gasteiger charge is -2.02. The first-order valence-corrected chi connectivity index (χ1v) is 6.57. The summed E-state index contributed by atoms with van der Waals surface area (Å²) in [7, 11) is 0. The predicted octanol–water partition coefficient (Wildman–Crippen LogP) is 0.806. The lowest BCUT2D eigenvalue weighted by Crippen LogP contribution is -2.27. The van der Waals surface area contributed by atoms with E-state index in [1.54, 1.807) is 0 Å². The van der Waals surface area contributed by atoms with Gasteiger partial charge in [-0.15, -0.1) is 22.9 Å². The maximum Gasteiger partial charge on any atom is 0.226 e. The molecule has 0 saturated heterocycles. The van der Waals surface area contributed by atoms with Crippen molar-refractivity contribution in [1.29, 1.82) is 0 Å². The number of nitrogens with zero attached hydrogens (tertiary/aromatic N) is 1. The van der Waals surface area contributed by atoms with Gasteiger partial charge in [0, 0.05) is 18.3 Å². The third kappa shape index (κ3) is 5.65. The molecule has 5 nitrogen and oxygen atoms in total. The number of alkyl halides is 1. The average molecular weight is 276 g/mol. The molecule has 0 fully saturated rings. The van der Waals surface area contributed by atoms with E-state index in [4.69, 9.17) is 17.3 Å². The van der Waals surface area contributed by atoms with Crippen LogP contribution in [0.2, 0.25) is 0 Å². The van der Waals surface area contributed by atoms with Gasteiger partial charge in [-0.1, -0.05) is 0 Å². The van der Waals surface area contributed by atoms with Gasteiger partial charge >= 0.3 is 0 Å². The summed E-state index contributed by atoms with van der Waals surface area (Å²) in [6, 6.07) is 0. The number of thiazole rings is 1. The van der Waals surface area contributed by atoms with E-state index in [1.807, 2.05) is 5.38 Å². The zero-order chi connectivity index (χ0) is 12.7. The van der Waals surface area contributed by atoms with Crippen LogP contribution in [-0.2, 0) is 21.9 Å². The van der Waals surface area contributed by atoms with E-state index in [9.17, 15) is 9.59 Å². The van der Waals surface area contributed by atoms with Gasteiger partial charge in [-0.3, -0.25) is 9.59 Å². The molecule has 3 N–H and O–H groups in total. The van der Waals surface area contributed by atoms with Gasteiger partial charge in [-0.2, -0.15) is 0 Å². The van der Waals surface area contributed by atoms with Crippen molar-refractivity contribution in [2.75, 3.05) is 6.54 Å². The number of amides is 2. The Balaban J connectivity index is 2.22. The highest BCUT2D eigenvalue weighted by Crippen LogP contribution is 2.11. The van der Waals surface area contributed by atoms with Gasteiger partial charge in [-0.05, 0) is 6.42 Å². The fourth-order valence-corrected chi connectivity index (χ4v) is 2.20. The van der Waals surface area contributed by atoms with Crippen molar-refractivity contribution in [3.05, 3.63) is 16.1 Å². The van der Waals surface area contributed by atoms with E-state index in [-0.39, 0.29) is 24.7 Å². The van der Waals surface area contributed by atoms with E-state index in [1.165, 1.54) is 11.3 Å². The Morgan fingerprint density at radius 3 is 2.88 bits per heavy atom. The Morgan fingerprint density at radius 1 is 1.53 bits per heavy atom. The third-order valence-corrected chi connectivity index (χ3v) is 3.14. The monoisotopic (exact) mass is 275 g/mol. The number of primary amides is 1. The zero-order valence-electron chi connectivity index (χ0n) is 9.24. The van der Waals surface area contributed by atoms with Crippen LogP contribution >= 0.6 is 22.9 Å². The molecule has 0 aliphatic rings. The van der Waals surface area contributed by atoms with Crippen molar-refractivity contribution in [3.63, 3.8) is 0 Å². The Hall–Kier alpha value is -1.14. The summed E-state index contributed by atoms with van der Waals surface area (Å²) >= 11 is 7.02. The lowest BCUT2D eigenvalue weighted by molar-refractivity contribution is -0.121. The second kappa shape index (κ2) is 7.24. The van der Waals surface area contributed by atoms with Crippen LogP contribution in [0.1, 0.15) is 23.5 Å². The van der Waals surface area contributed by atoms with Crippen LogP contribution in [0.4, 0.5) is 0 Å². The fourth-order valence-electron chi connectivity index (χ4n) is 1.18. The summed E-state index contributed by atoms with van der Waals surface area (Å²) in [5.74, 6) is -0.104. The van der Waals surface area contributed by atoms with Crippen LogP contribution in [0.3, 0.4) is 0 Å². The van der Waals surface area contributed by atoms with Gasteiger partial charge in [0.15, 0.2) is 0 Å². The first-order valence-electron chi connectivity index (χ1n) is 5.16. The molecular weight excluding hydrogens is 262 g/mol. The average Bonchev–Trinajstić information content (AvgIpc) is 2.72. The predicted molar refractivity (Wildman–Crippen MR) is 66.8 cm³/mol. The van der Waals surface area contributed by atoms with Crippen molar-refractivity contribution in [3.8, 4) is 0 Å². The van der Waals surface area contributed by atoms with Crippen LogP contribution < -0.4 is 11.1 Å². The summed E-state index contributed by atoms with van der Waals surface area (Å²) in [6.45, 7) is 0.454. The summed E-state index contributed by atoms with van der Waals surface area (Å²) in [5, 5.41) is 5.28. The molecule has 0 spiro atoms. The molecule has 2 amide bonds. The summed E-state index contributed by atoms with van der Waals surface area (Å²) in [5.41, 5.74) is 5.76. The highest BCUT2D eigenvalue weighted by Gasteiger charge is 2.07. The van der Waals surface area contributed by atoms with Crippen molar-refractivity contribution >= 4 is 34.8 Å². The molecule has 0 atom stereocenters. The smallest absolute Gasteiger partial charge is 0.226 e. The third-order valence-electron chi connectivity index (χ3n) is 1.97. The number of carbonyl (C=O) groups is 2. The van der Waals surface area contributed by atoms with Crippen LogP contribution in [0.15, 0.2) is 5.38 Å². The minimum absolute atomic E-state index is 0.107. The highest BCUT2D eigenvalue weighted by atomic mass is 35.5. The Morgan fingerprint density at radius 2 is 2.29 bits per heavy atom. The number of hydrogen-bond acceptors (Lipinski definition) is 4. The molecule has 1 aromatic heterocycles. The number of halogens is 1. The minimum atomic E-state index is -0.356. The number of carbonyl (C=O) groups excluding carboxylic acids is 2. The highest BCUT2D eigenvalue weighted by molar-refractivity contribution is 7.09. The number of nitrogens with two attached hydrogens (primary N) is 1. The molecule has 7 heteroatoms. The number of rotatable bonds is 7. The molecule has 0 radical (unpaired) electrons. The maximum absolute atomic E-state index is 11.5. The maximum atomic E-state index is 11.5. The van der Waals surface area contributed by atoms with E-state index >= 15 is 0 Å². The summed E-state index contributed by atoms with van der Waals surface area (Å²) < 4.78 is 0. The Bertz CT molecular complexity index is 395. The van der Waals surface area contributed by atoms with Crippen LogP contribution in [0.25, 0.3) is 0 Å². The molecule has 0 bridgehead atoms. The molecule has 0 aliphatic carbocycles. The first-order chi connectivity index (χ1) is 8.11. The largest absolute Gasteiger partial charge is 0.370 e. The van der Waals surface area contributed by atoms with Crippen molar-refractivity contribution in [1.82, 2.24) is 10.3 Å². The molecule has 1 rings (SSSR count). The van der Waals surface area contributed by atoms with Crippen LogP contribution in [0.5, 0.6) is 0 Å². The van der Waals surface area contributed by atoms with Gasteiger partial charge < -0.3 is 11.1 Å².